The molecule has 0 atom stereocenters. The number of hydrogen-bond donors (Lipinski definition) is 0. The summed E-state index contributed by atoms with van der Waals surface area (Å²) in [6.45, 7) is 6.18. The van der Waals surface area contributed by atoms with Gasteiger partial charge in [-0.25, -0.2) is 0 Å². The highest BCUT2D eigenvalue weighted by molar-refractivity contribution is 4.81. The summed E-state index contributed by atoms with van der Waals surface area (Å²) in [5.41, 5.74) is 0. The monoisotopic (exact) mass is 307 g/mol. The normalized spacial score (nSPS) is 11.5. The summed E-state index contributed by atoms with van der Waals surface area (Å²) in [6, 6.07) is 0. The molecule has 0 fully saturated rings. The Labute approximate surface area is 142 Å². The second-order valence-corrected chi connectivity index (χ2v) is 6.85. The van der Waals surface area contributed by atoms with Gasteiger partial charge in [-0.15, -0.1) is 0 Å². The third-order valence-corrected chi connectivity index (χ3v) is 4.51. The second-order valence-electron chi connectivity index (χ2n) is 6.85. The third-order valence-electron chi connectivity index (χ3n) is 4.51. The summed E-state index contributed by atoms with van der Waals surface area (Å²) < 4.78 is 0. The molecule has 0 bridgehead atoms. The first-order valence-corrected chi connectivity index (χ1v) is 10.4. The van der Waals surface area contributed by atoms with Gasteiger partial charge in [0, 0.05) is 0 Å². The van der Waals surface area contributed by atoms with E-state index in [-0.39, 0.29) is 0 Å². The standard InChI is InChI=1S/C22H43/c1-3-5-7-9-11-13-15-17-19-21-22-20-18-16-14-12-10-8-6-4-2/h21-22H,1,3-20H2,2H3/b22-21-. The lowest BCUT2D eigenvalue weighted by Crippen LogP contribution is -1.81. The predicted molar refractivity (Wildman–Crippen MR) is 103 cm³/mol. The third kappa shape index (κ3) is 19.7. The Morgan fingerprint density at radius 1 is 0.500 bits per heavy atom. The zero-order valence-electron chi connectivity index (χ0n) is 15.6. The Morgan fingerprint density at radius 3 is 1.27 bits per heavy atom. The van der Waals surface area contributed by atoms with E-state index in [0.717, 1.165) is 6.42 Å². The van der Waals surface area contributed by atoms with Crippen molar-refractivity contribution in [3.05, 3.63) is 19.1 Å². The van der Waals surface area contributed by atoms with Gasteiger partial charge in [-0.1, -0.05) is 116 Å². The summed E-state index contributed by atoms with van der Waals surface area (Å²) in [5.74, 6) is 0. The van der Waals surface area contributed by atoms with Crippen LogP contribution in [-0.4, -0.2) is 0 Å². The molecule has 0 heterocycles. The molecule has 0 aromatic carbocycles. The lowest BCUT2D eigenvalue weighted by atomic mass is 10.1. The van der Waals surface area contributed by atoms with Gasteiger partial charge in [0.15, 0.2) is 0 Å². The minimum Gasteiger partial charge on any atom is -0.0885 e. The van der Waals surface area contributed by atoms with Gasteiger partial charge in [0.05, 0.1) is 0 Å². The van der Waals surface area contributed by atoms with Crippen molar-refractivity contribution in [2.24, 2.45) is 0 Å². The van der Waals surface area contributed by atoms with E-state index in [1.54, 1.807) is 0 Å². The van der Waals surface area contributed by atoms with Crippen LogP contribution in [0.1, 0.15) is 122 Å². The van der Waals surface area contributed by atoms with E-state index in [1.807, 2.05) is 0 Å². The molecular weight excluding hydrogens is 264 g/mol. The van der Waals surface area contributed by atoms with Crippen LogP contribution in [0.3, 0.4) is 0 Å². The summed E-state index contributed by atoms with van der Waals surface area (Å²) in [6.07, 6.45) is 29.8. The fourth-order valence-corrected chi connectivity index (χ4v) is 2.95. The Balaban J connectivity index is 3.03. The highest BCUT2D eigenvalue weighted by Crippen LogP contribution is 2.11. The molecule has 0 aromatic rings. The van der Waals surface area contributed by atoms with E-state index in [0.29, 0.717) is 0 Å². The minimum absolute atomic E-state index is 1.11. The maximum atomic E-state index is 3.89. The molecule has 0 amide bonds. The summed E-state index contributed by atoms with van der Waals surface area (Å²) in [5, 5.41) is 0. The number of allylic oxidation sites excluding steroid dienone is 2. The number of unbranched alkanes of at least 4 members (excludes halogenated alkanes) is 16. The SMILES string of the molecule is [CH2]CCCCCCCCC/C=C\CCCCCCCCCC. The molecule has 0 heteroatoms. The van der Waals surface area contributed by atoms with Gasteiger partial charge in [0.25, 0.3) is 0 Å². The molecule has 0 aromatic heterocycles. The first-order chi connectivity index (χ1) is 10.9. The molecule has 0 aliphatic heterocycles. The highest BCUT2D eigenvalue weighted by atomic mass is 14.0. The first-order valence-electron chi connectivity index (χ1n) is 10.4. The van der Waals surface area contributed by atoms with Gasteiger partial charge < -0.3 is 0 Å². The van der Waals surface area contributed by atoms with Crippen molar-refractivity contribution in [3.8, 4) is 0 Å². The van der Waals surface area contributed by atoms with Crippen LogP contribution in [0.4, 0.5) is 0 Å². The zero-order chi connectivity index (χ0) is 16.1. The van der Waals surface area contributed by atoms with E-state index >= 15 is 0 Å². The molecule has 0 unspecified atom stereocenters. The molecule has 0 saturated heterocycles. The van der Waals surface area contributed by atoms with E-state index in [1.165, 1.54) is 109 Å². The largest absolute Gasteiger partial charge is 0.0885 e. The molecule has 0 aliphatic carbocycles. The van der Waals surface area contributed by atoms with Crippen LogP contribution in [0, 0.1) is 6.92 Å². The lowest BCUT2D eigenvalue weighted by Gasteiger charge is -2.00. The van der Waals surface area contributed by atoms with Gasteiger partial charge in [-0.05, 0) is 25.7 Å². The van der Waals surface area contributed by atoms with Crippen molar-refractivity contribution < 1.29 is 0 Å². The van der Waals surface area contributed by atoms with Crippen molar-refractivity contribution in [2.45, 2.75) is 122 Å². The maximum Gasteiger partial charge on any atom is -0.0351 e. The summed E-state index contributed by atoms with van der Waals surface area (Å²) in [4.78, 5) is 0. The van der Waals surface area contributed by atoms with Crippen molar-refractivity contribution in [3.63, 3.8) is 0 Å². The fraction of sp³-hybridized carbons (Fsp3) is 0.864. The molecule has 22 heavy (non-hydrogen) atoms. The molecular formula is C22H43. The van der Waals surface area contributed by atoms with Gasteiger partial charge in [0.2, 0.25) is 0 Å². The quantitative estimate of drug-likeness (QED) is 0.176. The van der Waals surface area contributed by atoms with Gasteiger partial charge in [0.1, 0.15) is 0 Å². The van der Waals surface area contributed by atoms with Crippen LogP contribution >= 0.6 is 0 Å². The molecule has 0 nitrogen and oxygen atoms in total. The topological polar surface area (TPSA) is 0 Å². The predicted octanol–water partition coefficient (Wildman–Crippen LogP) is 8.42. The van der Waals surface area contributed by atoms with Crippen LogP contribution < -0.4 is 0 Å². The maximum absolute atomic E-state index is 3.89. The zero-order valence-corrected chi connectivity index (χ0v) is 15.6. The molecule has 0 N–H and O–H groups in total. The molecule has 1 radical (unpaired) electrons. The van der Waals surface area contributed by atoms with Crippen LogP contribution in [0.5, 0.6) is 0 Å². The average molecular weight is 308 g/mol. The molecule has 0 spiro atoms. The van der Waals surface area contributed by atoms with Gasteiger partial charge in [-0.2, -0.15) is 0 Å². The van der Waals surface area contributed by atoms with Crippen molar-refractivity contribution >= 4 is 0 Å². The smallest absolute Gasteiger partial charge is 0.0351 e. The number of hydrogen-bond acceptors (Lipinski definition) is 0. The number of rotatable bonds is 18. The van der Waals surface area contributed by atoms with Crippen molar-refractivity contribution in [1.29, 1.82) is 0 Å². The van der Waals surface area contributed by atoms with Gasteiger partial charge in [-0.3, -0.25) is 0 Å². The molecule has 0 saturated carbocycles. The van der Waals surface area contributed by atoms with Gasteiger partial charge >= 0.3 is 0 Å². The summed E-state index contributed by atoms with van der Waals surface area (Å²) >= 11 is 0. The van der Waals surface area contributed by atoms with Crippen LogP contribution in [0.25, 0.3) is 0 Å². The van der Waals surface area contributed by atoms with E-state index in [2.05, 4.69) is 26.0 Å². The molecule has 0 rings (SSSR count). The van der Waals surface area contributed by atoms with E-state index in [9.17, 15) is 0 Å². The van der Waals surface area contributed by atoms with Crippen molar-refractivity contribution in [1.82, 2.24) is 0 Å². The Morgan fingerprint density at radius 2 is 0.864 bits per heavy atom. The molecule has 131 valence electrons. The van der Waals surface area contributed by atoms with Crippen LogP contribution in [-0.2, 0) is 0 Å². The van der Waals surface area contributed by atoms with E-state index in [4.69, 9.17) is 0 Å². The molecule has 0 aliphatic rings. The Bertz CT molecular complexity index is 182. The average Bonchev–Trinajstić information content (AvgIpc) is 2.54. The Kier molecular flexibility index (Phi) is 20.5. The highest BCUT2D eigenvalue weighted by Gasteiger charge is 1.91. The minimum atomic E-state index is 1.11. The van der Waals surface area contributed by atoms with Crippen LogP contribution in [0.15, 0.2) is 12.2 Å². The van der Waals surface area contributed by atoms with E-state index < -0.39 is 0 Å². The first kappa shape index (κ1) is 21.7. The second kappa shape index (κ2) is 20.7. The van der Waals surface area contributed by atoms with Crippen LogP contribution in [0.2, 0.25) is 0 Å². The fourth-order valence-electron chi connectivity index (χ4n) is 2.95. The van der Waals surface area contributed by atoms with Crippen molar-refractivity contribution in [2.75, 3.05) is 0 Å². The lowest BCUT2D eigenvalue weighted by molar-refractivity contribution is 0.576. The Hall–Kier alpha value is -0.260. The summed E-state index contributed by atoms with van der Waals surface area (Å²) in [7, 11) is 0.